The van der Waals surface area contributed by atoms with E-state index in [4.69, 9.17) is 10.5 Å². The summed E-state index contributed by atoms with van der Waals surface area (Å²) in [4.78, 5) is 0. The number of benzene rings is 3. The lowest BCUT2D eigenvalue weighted by Crippen LogP contribution is -2.27. The van der Waals surface area contributed by atoms with Crippen LogP contribution in [-0.2, 0) is 4.74 Å². The quantitative estimate of drug-likeness (QED) is 0.709. The molecule has 0 bridgehead atoms. The van der Waals surface area contributed by atoms with Crippen molar-refractivity contribution in [2.24, 2.45) is 11.7 Å². The third-order valence-corrected chi connectivity index (χ3v) is 4.92. The molecule has 0 radical (unpaired) electrons. The zero-order chi connectivity index (χ0) is 14.9. The summed E-state index contributed by atoms with van der Waals surface area (Å²) >= 11 is 0. The number of nitrogens with two attached hydrogens (primary N) is 1. The van der Waals surface area contributed by atoms with E-state index in [1.165, 1.54) is 27.1 Å². The predicted octanol–water partition coefficient (Wildman–Crippen LogP) is 4.42. The van der Waals surface area contributed by atoms with Crippen LogP contribution in [0.25, 0.3) is 21.5 Å². The number of rotatable bonds is 2. The maximum Gasteiger partial charge on any atom is 0.0469 e. The zero-order valence-corrected chi connectivity index (χ0v) is 12.7. The second-order valence-electron chi connectivity index (χ2n) is 6.21. The van der Waals surface area contributed by atoms with Crippen LogP contribution in [0, 0.1) is 5.92 Å². The minimum atomic E-state index is 0.0694. The molecule has 0 aromatic heterocycles. The molecule has 1 saturated heterocycles. The number of hydrogen-bond donors (Lipinski definition) is 1. The normalized spacial score (nSPS) is 17.9. The van der Waals surface area contributed by atoms with Crippen molar-refractivity contribution in [3.8, 4) is 0 Å². The van der Waals surface area contributed by atoms with Crippen molar-refractivity contribution in [3.63, 3.8) is 0 Å². The van der Waals surface area contributed by atoms with Crippen molar-refractivity contribution in [1.29, 1.82) is 0 Å². The Bertz CT molecular complexity index is 751. The van der Waals surface area contributed by atoms with Gasteiger partial charge in [0.15, 0.2) is 0 Å². The summed E-state index contributed by atoms with van der Waals surface area (Å²) in [6.07, 6.45) is 2.11. The minimum Gasteiger partial charge on any atom is -0.381 e. The van der Waals surface area contributed by atoms with Crippen LogP contribution in [0.15, 0.2) is 54.6 Å². The van der Waals surface area contributed by atoms with Gasteiger partial charge in [0.2, 0.25) is 0 Å². The van der Waals surface area contributed by atoms with E-state index in [2.05, 4.69) is 54.6 Å². The van der Waals surface area contributed by atoms with Crippen LogP contribution in [0.4, 0.5) is 0 Å². The standard InChI is InChI=1S/C20H21NO/c21-20(14-9-11-22-12-10-14)19-17-7-3-1-5-15(17)13-16-6-2-4-8-18(16)19/h1-8,13-14,20H,9-12,21H2/t20-/m1/s1. The first kappa shape index (κ1) is 13.7. The summed E-state index contributed by atoms with van der Waals surface area (Å²) in [6.45, 7) is 1.67. The molecule has 112 valence electrons. The zero-order valence-electron chi connectivity index (χ0n) is 12.7. The molecule has 2 heteroatoms. The Kier molecular flexibility index (Phi) is 3.57. The van der Waals surface area contributed by atoms with Gasteiger partial charge in [0.25, 0.3) is 0 Å². The molecule has 3 aromatic carbocycles. The van der Waals surface area contributed by atoms with E-state index >= 15 is 0 Å². The Morgan fingerprint density at radius 1 is 0.864 bits per heavy atom. The third-order valence-electron chi connectivity index (χ3n) is 4.92. The molecular formula is C20H21NO. The molecule has 1 atom stereocenters. The second-order valence-corrected chi connectivity index (χ2v) is 6.21. The average molecular weight is 291 g/mol. The third kappa shape index (κ3) is 2.29. The molecule has 2 N–H and O–H groups in total. The average Bonchev–Trinajstić information content (AvgIpc) is 2.60. The van der Waals surface area contributed by atoms with Crippen LogP contribution in [0.5, 0.6) is 0 Å². The summed E-state index contributed by atoms with van der Waals surface area (Å²) in [5, 5.41) is 5.14. The van der Waals surface area contributed by atoms with Gasteiger partial charge in [-0.3, -0.25) is 0 Å². The molecule has 22 heavy (non-hydrogen) atoms. The molecule has 2 nitrogen and oxygen atoms in total. The summed E-state index contributed by atoms with van der Waals surface area (Å²) < 4.78 is 5.51. The van der Waals surface area contributed by atoms with E-state index in [9.17, 15) is 0 Å². The van der Waals surface area contributed by atoms with Gasteiger partial charge in [0.1, 0.15) is 0 Å². The summed E-state index contributed by atoms with van der Waals surface area (Å²) in [6, 6.07) is 19.5. The Morgan fingerprint density at radius 2 is 1.41 bits per heavy atom. The van der Waals surface area contributed by atoms with Gasteiger partial charge in [-0.2, -0.15) is 0 Å². The Labute approximate surface area is 130 Å². The van der Waals surface area contributed by atoms with Crippen molar-refractivity contribution >= 4 is 21.5 Å². The van der Waals surface area contributed by atoms with Crippen LogP contribution in [-0.4, -0.2) is 13.2 Å². The van der Waals surface area contributed by atoms with Crippen molar-refractivity contribution in [2.75, 3.05) is 13.2 Å². The van der Waals surface area contributed by atoms with Crippen LogP contribution in [0.2, 0.25) is 0 Å². The number of fused-ring (bicyclic) bond motifs is 2. The lowest BCUT2D eigenvalue weighted by atomic mass is 9.83. The van der Waals surface area contributed by atoms with Gasteiger partial charge < -0.3 is 10.5 Å². The van der Waals surface area contributed by atoms with E-state index in [-0.39, 0.29) is 6.04 Å². The largest absolute Gasteiger partial charge is 0.381 e. The molecule has 0 unspecified atom stereocenters. The van der Waals surface area contributed by atoms with E-state index < -0.39 is 0 Å². The van der Waals surface area contributed by atoms with Crippen molar-refractivity contribution in [2.45, 2.75) is 18.9 Å². The lowest BCUT2D eigenvalue weighted by Gasteiger charge is -2.29. The van der Waals surface area contributed by atoms with Gasteiger partial charge in [-0.15, -0.1) is 0 Å². The van der Waals surface area contributed by atoms with E-state index in [0.717, 1.165) is 26.1 Å². The SMILES string of the molecule is N[C@@H](c1c2ccccc2cc2ccccc12)C1CCOCC1. The summed E-state index contributed by atoms with van der Waals surface area (Å²) in [5.41, 5.74) is 8.05. The van der Waals surface area contributed by atoms with Crippen LogP contribution >= 0.6 is 0 Å². The Balaban J connectivity index is 1.95. The highest BCUT2D eigenvalue weighted by molar-refractivity contribution is 6.02. The molecule has 0 saturated carbocycles. The van der Waals surface area contributed by atoms with Crippen molar-refractivity contribution in [1.82, 2.24) is 0 Å². The monoisotopic (exact) mass is 291 g/mol. The van der Waals surface area contributed by atoms with Gasteiger partial charge in [0, 0.05) is 19.3 Å². The molecule has 1 heterocycles. The fourth-order valence-corrected chi connectivity index (χ4v) is 3.72. The minimum absolute atomic E-state index is 0.0694. The first-order chi connectivity index (χ1) is 10.8. The lowest BCUT2D eigenvalue weighted by molar-refractivity contribution is 0.0586. The van der Waals surface area contributed by atoms with Gasteiger partial charge in [-0.1, -0.05) is 48.5 Å². The van der Waals surface area contributed by atoms with Crippen molar-refractivity contribution < 1.29 is 4.74 Å². The van der Waals surface area contributed by atoms with E-state index in [1.807, 2.05) is 0 Å². The fraction of sp³-hybridized carbons (Fsp3) is 0.300. The maximum absolute atomic E-state index is 6.75. The van der Waals surface area contributed by atoms with Gasteiger partial charge in [-0.05, 0) is 51.9 Å². The maximum atomic E-state index is 6.75. The fourth-order valence-electron chi connectivity index (χ4n) is 3.72. The van der Waals surface area contributed by atoms with E-state index in [1.54, 1.807) is 0 Å². The molecule has 1 aliphatic heterocycles. The molecule has 0 amide bonds. The van der Waals surface area contributed by atoms with Gasteiger partial charge in [0.05, 0.1) is 0 Å². The molecule has 1 fully saturated rings. The molecule has 1 aliphatic rings. The van der Waals surface area contributed by atoms with Crippen LogP contribution in [0.3, 0.4) is 0 Å². The number of hydrogen-bond acceptors (Lipinski definition) is 2. The Morgan fingerprint density at radius 3 is 2.00 bits per heavy atom. The van der Waals surface area contributed by atoms with Gasteiger partial charge >= 0.3 is 0 Å². The molecule has 4 rings (SSSR count). The van der Waals surface area contributed by atoms with Gasteiger partial charge in [-0.25, -0.2) is 0 Å². The highest BCUT2D eigenvalue weighted by Gasteiger charge is 2.25. The summed E-state index contributed by atoms with van der Waals surface area (Å²) in [5.74, 6) is 0.503. The Hall–Kier alpha value is -1.90. The first-order valence-corrected chi connectivity index (χ1v) is 8.08. The molecule has 0 aliphatic carbocycles. The topological polar surface area (TPSA) is 35.2 Å². The molecular weight excluding hydrogens is 270 g/mol. The van der Waals surface area contributed by atoms with Crippen molar-refractivity contribution in [3.05, 3.63) is 60.2 Å². The smallest absolute Gasteiger partial charge is 0.0469 e. The summed E-state index contributed by atoms with van der Waals surface area (Å²) in [7, 11) is 0. The first-order valence-electron chi connectivity index (χ1n) is 8.08. The van der Waals surface area contributed by atoms with Crippen LogP contribution < -0.4 is 5.73 Å². The highest BCUT2D eigenvalue weighted by Crippen LogP contribution is 2.37. The number of ether oxygens (including phenoxy) is 1. The second kappa shape index (κ2) is 5.71. The van der Waals surface area contributed by atoms with E-state index in [0.29, 0.717) is 5.92 Å². The molecule has 0 spiro atoms. The highest BCUT2D eigenvalue weighted by atomic mass is 16.5. The molecule has 3 aromatic rings. The predicted molar refractivity (Wildman–Crippen MR) is 91.9 cm³/mol. The van der Waals surface area contributed by atoms with Crippen LogP contribution in [0.1, 0.15) is 24.4 Å².